The predicted octanol–water partition coefficient (Wildman–Crippen LogP) is 3.22. The van der Waals surface area contributed by atoms with Crippen LogP contribution in [-0.4, -0.2) is 18.8 Å². The Kier molecular flexibility index (Phi) is 4.78. The molecule has 2 aromatic rings. The number of nitriles is 1. The van der Waals surface area contributed by atoms with Gasteiger partial charge in [0.25, 0.3) is 0 Å². The summed E-state index contributed by atoms with van der Waals surface area (Å²) >= 11 is 1.52. The maximum absolute atomic E-state index is 12.9. The van der Waals surface area contributed by atoms with Crippen molar-refractivity contribution in [2.75, 3.05) is 0 Å². The summed E-state index contributed by atoms with van der Waals surface area (Å²) in [5.41, 5.74) is 0.175. The Morgan fingerprint density at radius 3 is 2.52 bits per heavy atom. The Morgan fingerprint density at radius 2 is 1.95 bits per heavy atom. The van der Waals surface area contributed by atoms with Crippen molar-refractivity contribution >= 4 is 21.4 Å². The van der Waals surface area contributed by atoms with Crippen molar-refractivity contribution in [1.29, 1.82) is 5.26 Å². The summed E-state index contributed by atoms with van der Waals surface area (Å²) in [6.07, 6.45) is 0. The molecule has 1 heterocycles. The monoisotopic (exact) mass is 320 g/mol. The molecule has 0 aliphatic carbocycles. The van der Waals surface area contributed by atoms with Crippen LogP contribution in [0.2, 0.25) is 0 Å². The van der Waals surface area contributed by atoms with Crippen molar-refractivity contribution in [3.05, 3.63) is 52.2 Å². The number of nitrogens with zero attached hydrogens (tertiary/aromatic N) is 2. The molecule has 0 unspecified atom stereocenters. The molecule has 21 heavy (non-hydrogen) atoms. The molecule has 0 saturated heterocycles. The molecule has 0 atom stereocenters. The Morgan fingerprint density at radius 1 is 1.24 bits per heavy atom. The zero-order chi connectivity index (χ0) is 15.5. The second-order valence-electron chi connectivity index (χ2n) is 4.83. The average Bonchev–Trinajstić information content (AvgIpc) is 2.97. The number of sulfonamides is 1. The molecule has 0 bridgehead atoms. The molecule has 0 fully saturated rings. The van der Waals surface area contributed by atoms with E-state index in [4.69, 9.17) is 5.26 Å². The fourth-order valence-corrected chi connectivity index (χ4v) is 4.55. The normalized spacial score (nSPS) is 11.8. The molecule has 0 spiro atoms. The van der Waals surface area contributed by atoms with Gasteiger partial charge in [0.15, 0.2) is 0 Å². The van der Waals surface area contributed by atoms with Gasteiger partial charge in [0.2, 0.25) is 10.0 Å². The quantitative estimate of drug-likeness (QED) is 0.850. The van der Waals surface area contributed by atoms with Gasteiger partial charge >= 0.3 is 0 Å². The molecular weight excluding hydrogens is 304 g/mol. The van der Waals surface area contributed by atoms with Crippen LogP contribution in [0.1, 0.15) is 24.3 Å². The molecule has 110 valence electrons. The fraction of sp³-hybridized carbons (Fsp3) is 0.267. The molecule has 0 N–H and O–H groups in total. The molecule has 0 amide bonds. The van der Waals surface area contributed by atoms with Crippen molar-refractivity contribution in [2.24, 2.45) is 0 Å². The largest absolute Gasteiger partial charge is 0.244 e. The third-order valence-electron chi connectivity index (χ3n) is 3.06. The third-order valence-corrected chi connectivity index (χ3v) is 6.00. The van der Waals surface area contributed by atoms with Crippen LogP contribution in [0.25, 0.3) is 0 Å². The van der Waals surface area contributed by atoms with Crippen LogP contribution in [-0.2, 0) is 16.6 Å². The first-order valence-electron chi connectivity index (χ1n) is 6.50. The van der Waals surface area contributed by atoms with Crippen LogP contribution in [0.5, 0.6) is 0 Å². The highest BCUT2D eigenvalue weighted by molar-refractivity contribution is 7.89. The van der Waals surface area contributed by atoms with Crippen molar-refractivity contribution in [3.63, 3.8) is 0 Å². The van der Waals surface area contributed by atoms with E-state index >= 15 is 0 Å². The molecule has 6 heteroatoms. The maximum atomic E-state index is 12.9. The second-order valence-corrected chi connectivity index (χ2v) is 7.72. The van der Waals surface area contributed by atoms with E-state index in [-0.39, 0.29) is 16.5 Å². The summed E-state index contributed by atoms with van der Waals surface area (Å²) in [4.78, 5) is 1.04. The van der Waals surface area contributed by atoms with E-state index in [9.17, 15) is 8.42 Å². The Balaban J connectivity index is 2.46. The van der Waals surface area contributed by atoms with Gasteiger partial charge in [-0.15, -0.1) is 11.3 Å². The fourth-order valence-electron chi connectivity index (χ4n) is 2.01. The molecule has 0 aliphatic rings. The SMILES string of the molecule is CC(C)N(Cc1cccs1)S(=O)(=O)c1ccccc1C#N. The topological polar surface area (TPSA) is 61.2 Å². The van der Waals surface area contributed by atoms with Gasteiger partial charge in [0.1, 0.15) is 6.07 Å². The van der Waals surface area contributed by atoms with Gasteiger partial charge in [0.05, 0.1) is 10.5 Å². The molecule has 1 aromatic heterocycles. The van der Waals surface area contributed by atoms with Crippen LogP contribution in [0.3, 0.4) is 0 Å². The summed E-state index contributed by atoms with van der Waals surface area (Å²) in [5.74, 6) is 0. The standard InChI is InChI=1S/C15H16N2O2S2/c1-12(2)17(11-14-7-5-9-20-14)21(18,19)15-8-4-3-6-13(15)10-16/h3-9,12H,11H2,1-2H3. The van der Waals surface area contributed by atoms with E-state index in [1.54, 1.807) is 12.1 Å². The van der Waals surface area contributed by atoms with Gasteiger partial charge in [-0.2, -0.15) is 9.57 Å². The number of benzene rings is 1. The van der Waals surface area contributed by atoms with E-state index in [1.165, 1.54) is 27.8 Å². The maximum Gasteiger partial charge on any atom is 0.244 e. The van der Waals surface area contributed by atoms with Crippen LogP contribution in [0.4, 0.5) is 0 Å². The van der Waals surface area contributed by atoms with E-state index in [2.05, 4.69) is 0 Å². The smallest absolute Gasteiger partial charge is 0.207 e. The third kappa shape index (κ3) is 3.32. The highest BCUT2D eigenvalue weighted by Crippen LogP contribution is 2.24. The lowest BCUT2D eigenvalue weighted by Gasteiger charge is -2.25. The Labute approximate surface area is 129 Å². The van der Waals surface area contributed by atoms with Crippen LogP contribution < -0.4 is 0 Å². The lowest BCUT2D eigenvalue weighted by atomic mass is 10.2. The molecule has 4 nitrogen and oxygen atoms in total. The second kappa shape index (κ2) is 6.39. The van der Waals surface area contributed by atoms with Gasteiger partial charge in [-0.05, 0) is 37.4 Å². The summed E-state index contributed by atoms with van der Waals surface area (Å²) in [5, 5.41) is 11.0. The average molecular weight is 320 g/mol. The predicted molar refractivity (Wildman–Crippen MR) is 83.3 cm³/mol. The van der Waals surface area contributed by atoms with Crippen LogP contribution >= 0.6 is 11.3 Å². The summed E-state index contributed by atoms with van der Waals surface area (Å²) in [6, 6.07) is 11.9. The lowest BCUT2D eigenvalue weighted by molar-refractivity contribution is 0.350. The van der Waals surface area contributed by atoms with Crippen molar-refractivity contribution in [3.8, 4) is 6.07 Å². The first-order valence-corrected chi connectivity index (χ1v) is 8.82. The molecule has 0 saturated carbocycles. The molecule has 0 radical (unpaired) electrons. The minimum absolute atomic E-state index is 0.0674. The van der Waals surface area contributed by atoms with Crippen LogP contribution in [0.15, 0.2) is 46.7 Å². The van der Waals surface area contributed by atoms with Crippen molar-refractivity contribution in [1.82, 2.24) is 4.31 Å². The molecule has 0 aliphatic heterocycles. The van der Waals surface area contributed by atoms with Gasteiger partial charge in [-0.25, -0.2) is 8.42 Å². The minimum atomic E-state index is -3.70. The Hall–Kier alpha value is -1.68. The molecular formula is C15H16N2O2S2. The minimum Gasteiger partial charge on any atom is -0.207 e. The Bertz CT molecular complexity index is 744. The van der Waals surface area contributed by atoms with E-state index < -0.39 is 10.0 Å². The van der Waals surface area contributed by atoms with Gasteiger partial charge in [-0.1, -0.05) is 18.2 Å². The number of hydrogen-bond donors (Lipinski definition) is 0. The lowest BCUT2D eigenvalue weighted by Crippen LogP contribution is -2.36. The van der Waals surface area contributed by atoms with Gasteiger partial charge in [0, 0.05) is 17.5 Å². The van der Waals surface area contributed by atoms with Crippen molar-refractivity contribution < 1.29 is 8.42 Å². The first-order chi connectivity index (χ1) is 9.96. The first kappa shape index (κ1) is 15.7. The van der Waals surface area contributed by atoms with Gasteiger partial charge in [-0.3, -0.25) is 0 Å². The number of thiophene rings is 1. The summed E-state index contributed by atoms with van der Waals surface area (Å²) in [6.45, 7) is 3.98. The molecule has 2 rings (SSSR count). The highest BCUT2D eigenvalue weighted by Gasteiger charge is 2.29. The summed E-state index contributed by atoms with van der Waals surface area (Å²) in [7, 11) is -3.70. The number of hydrogen-bond acceptors (Lipinski definition) is 4. The molecule has 1 aromatic carbocycles. The highest BCUT2D eigenvalue weighted by atomic mass is 32.2. The van der Waals surface area contributed by atoms with Crippen molar-refractivity contribution in [2.45, 2.75) is 31.3 Å². The zero-order valence-electron chi connectivity index (χ0n) is 11.9. The van der Waals surface area contributed by atoms with Gasteiger partial charge < -0.3 is 0 Å². The van der Waals surface area contributed by atoms with E-state index in [0.717, 1.165) is 4.88 Å². The van der Waals surface area contributed by atoms with E-state index in [0.29, 0.717) is 6.54 Å². The van der Waals surface area contributed by atoms with Crippen LogP contribution in [0, 0.1) is 11.3 Å². The zero-order valence-corrected chi connectivity index (χ0v) is 13.5. The number of rotatable bonds is 5. The van der Waals surface area contributed by atoms with E-state index in [1.807, 2.05) is 37.4 Å². The summed E-state index contributed by atoms with van der Waals surface area (Å²) < 4.78 is 27.1.